The summed E-state index contributed by atoms with van der Waals surface area (Å²) in [6.07, 6.45) is 4.72. The number of amides is 1. The number of aliphatic hydroxyl groups is 1. The molecule has 1 amide bonds. The molecule has 6 heteroatoms. The van der Waals surface area contributed by atoms with Crippen molar-refractivity contribution >= 4 is 17.2 Å². The van der Waals surface area contributed by atoms with E-state index in [1.165, 1.54) is 24.2 Å². The average molecular weight is 281 g/mol. The summed E-state index contributed by atoms with van der Waals surface area (Å²) >= 11 is 1.36. The van der Waals surface area contributed by atoms with Crippen LogP contribution in [-0.2, 0) is 0 Å². The van der Waals surface area contributed by atoms with Crippen molar-refractivity contribution in [1.29, 1.82) is 0 Å². The minimum Gasteiger partial charge on any atom is -0.387 e. The van der Waals surface area contributed by atoms with Gasteiger partial charge in [-0.25, -0.2) is 0 Å². The molecule has 1 aromatic heterocycles. The number of hydrogen-bond acceptors (Lipinski definition) is 5. The third kappa shape index (κ3) is 2.80. The number of hydrogen-bond donors (Lipinski definition) is 1. The van der Waals surface area contributed by atoms with E-state index in [0.717, 1.165) is 13.1 Å². The molecule has 0 unspecified atom stereocenters. The molecule has 104 valence electrons. The van der Waals surface area contributed by atoms with E-state index in [2.05, 4.69) is 9.88 Å². The lowest BCUT2D eigenvalue weighted by Crippen LogP contribution is -2.44. The first-order valence-electron chi connectivity index (χ1n) is 6.79. The Hall–Kier alpha value is -0.980. The molecule has 2 fully saturated rings. The van der Waals surface area contributed by atoms with Crippen LogP contribution in [0.2, 0.25) is 0 Å². The van der Waals surface area contributed by atoms with Crippen LogP contribution in [0.1, 0.15) is 28.9 Å². The standard InChI is InChI=1S/C13H19N3O2S/c17-12(11-7-14-10-19-11)16-6-3-13(18,9-16)8-15-4-1-2-5-15/h7,10,18H,1-6,8-9H2/t13-/m1/s1. The third-order valence-electron chi connectivity index (χ3n) is 3.98. The maximum absolute atomic E-state index is 12.2. The van der Waals surface area contributed by atoms with Gasteiger partial charge in [-0.05, 0) is 32.4 Å². The molecule has 0 aliphatic carbocycles. The molecule has 2 saturated heterocycles. The Balaban J connectivity index is 1.61. The molecule has 1 atom stereocenters. The Morgan fingerprint density at radius 2 is 2.21 bits per heavy atom. The van der Waals surface area contributed by atoms with Crippen molar-refractivity contribution in [2.45, 2.75) is 24.9 Å². The second-order valence-corrected chi connectivity index (χ2v) is 6.44. The lowest BCUT2D eigenvalue weighted by molar-refractivity contribution is 0.0176. The highest BCUT2D eigenvalue weighted by Crippen LogP contribution is 2.26. The van der Waals surface area contributed by atoms with Crippen LogP contribution in [0.5, 0.6) is 0 Å². The molecule has 0 radical (unpaired) electrons. The summed E-state index contributed by atoms with van der Waals surface area (Å²) < 4.78 is 0. The summed E-state index contributed by atoms with van der Waals surface area (Å²) in [5, 5.41) is 10.6. The van der Waals surface area contributed by atoms with Gasteiger partial charge < -0.3 is 14.9 Å². The molecule has 0 spiro atoms. The van der Waals surface area contributed by atoms with Gasteiger partial charge in [0.15, 0.2) is 0 Å². The summed E-state index contributed by atoms with van der Waals surface area (Å²) in [4.78, 5) is 20.9. The van der Waals surface area contributed by atoms with Gasteiger partial charge in [0.25, 0.3) is 5.91 Å². The van der Waals surface area contributed by atoms with Crippen LogP contribution in [0.4, 0.5) is 0 Å². The molecule has 3 heterocycles. The number of likely N-dealkylation sites (tertiary alicyclic amines) is 2. The van der Waals surface area contributed by atoms with Crippen LogP contribution in [0.3, 0.4) is 0 Å². The highest BCUT2D eigenvalue weighted by atomic mass is 32.1. The van der Waals surface area contributed by atoms with Crippen LogP contribution in [0.15, 0.2) is 11.7 Å². The number of β-amino-alcohol motifs (C(OH)–C–C–N with tert-alkyl or cyclic N) is 1. The Morgan fingerprint density at radius 3 is 2.89 bits per heavy atom. The molecule has 2 aliphatic heterocycles. The van der Waals surface area contributed by atoms with Crippen molar-refractivity contribution in [2.24, 2.45) is 0 Å². The monoisotopic (exact) mass is 281 g/mol. The number of rotatable bonds is 3. The Morgan fingerprint density at radius 1 is 1.42 bits per heavy atom. The van der Waals surface area contributed by atoms with Crippen molar-refractivity contribution in [2.75, 3.05) is 32.7 Å². The van der Waals surface area contributed by atoms with Crippen LogP contribution in [-0.4, -0.2) is 64.1 Å². The van der Waals surface area contributed by atoms with Crippen molar-refractivity contribution in [3.05, 3.63) is 16.6 Å². The fourth-order valence-electron chi connectivity index (χ4n) is 2.99. The largest absolute Gasteiger partial charge is 0.387 e. The Kier molecular flexibility index (Phi) is 3.56. The van der Waals surface area contributed by atoms with E-state index in [1.54, 1.807) is 16.6 Å². The van der Waals surface area contributed by atoms with Gasteiger partial charge in [0.2, 0.25) is 0 Å². The molecular weight excluding hydrogens is 262 g/mol. The Bertz CT molecular complexity index is 445. The van der Waals surface area contributed by atoms with Crippen LogP contribution in [0, 0.1) is 0 Å². The highest BCUT2D eigenvalue weighted by molar-refractivity contribution is 7.11. The van der Waals surface area contributed by atoms with Gasteiger partial charge >= 0.3 is 0 Å². The number of aromatic nitrogens is 1. The molecule has 1 N–H and O–H groups in total. The van der Waals surface area contributed by atoms with E-state index in [4.69, 9.17) is 0 Å². The molecule has 19 heavy (non-hydrogen) atoms. The van der Waals surface area contributed by atoms with E-state index in [0.29, 0.717) is 30.9 Å². The maximum Gasteiger partial charge on any atom is 0.265 e. The highest BCUT2D eigenvalue weighted by Gasteiger charge is 2.40. The minimum atomic E-state index is -0.731. The summed E-state index contributed by atoms with van der Waals surface area (Å²) in [5.41, 5.74) is 0.935. The summed E-state index contributed by atoms with van der Waals surface area (Å²) in [6, 6.07) is 0. The van der Waals surface area contributed by atoms with Gasteiger partial charge in [0.05, 0.1) is 23.9 Å². The van der Waals surface area contributed by atoms with Crippen molar-refractivity contribution < 1.29 is 9.90 Å². The second kappa shape index (κ2) is 5.19. The molecule has 3 rings (SSSR count). The Labute approximate surface area is 116 Å². The molecule has 5 nitrogen and oxygen atoms in total. The average Bonchev–Trinajstić information content (AvgIpc) is 3.09. The topological polar surface area (TPSA) is 56.7 Å². The molecular formula is C13H19N3O2S. The van der Waals surface area contributed by atoms with E-state index in [1.807, 2.05) is 0 Å². The zero-order valence-corrected chi connectivity index (χ0v) is 11.7. The molecule has 0 aromatic carbocycles. The fraction of sp³-hybridized carbons (Fsp3) is 0.692. The predicted octanol–water partition coefficient (Wildman–Crippen LogP) is 0.816. The molecule has 0 bridgehead atoms. The van der Waals surface area contributed by atoms with E-state index < -0.39 is 5.60 Å². The van der Waals surface area contributed by atoms with Gasteiger partial charge in [-0.2, -0.15) is 0 Å². The van der Waals surface area contributed by atoms with E-state index >= 15 is 0 Å². The first-order chi connectivity index (χ1) is 9.16. The smallest absolute Gasteiger partial charge is 0.265 e. The van der Waals surface area contributed by atoms with Crippen molar-refractivity contribution in [3.8, 4) is 0 Å². The van der Waals surface area contributed by atoms with Gasteiger partial charge in [-0.1, -0.05) is 0 Å². The second-order valence-electron chi connectivity index (χ2n) is 5.55. The van der Waals surface area contributed by atoms with Crippen molar-refractivity contribution in [3.63, 3.8) is 0 Å². The summed E-state index contributed by atoms with van der Waals surface area (Å²) in [6.45, 7) is 3.93. The number of carbonyl (C=O) groups excluding carboxylic acids is 1. The first-order valence-corrected chi connectivity index (χ1v) is 7.67. The molecule has 1 aromatic rings. The van der Waals surface area contributed by atoms with Crippen LogP contribution >= 0.6 is 11.3 Å². The number of nitrogens with zero attached hydrogens (tertiary/aromatic N) is 3. The molecule has 0 saturated carbocycles. The fourth-order valence-corrected chi connectivity index (χ4v) is 3.58. The number of thiazole rings is 1. The van der Waals surface area contributed by atoms with Gasteiger partial charge in [-0.15, -0.1) is 11.3 Å². The summed E-state index contributed by atoms with van der Waals surface area (Å²) in [7, 11) is 0. The van der Waals surface area contributed by atoms with E-state index in [-0.39, 0.29) is 5.91 Å². The lowest BCUT2D eigenvalue weighted by Gasteiger charge is -2.28. The quantitative estimate of drug-likeness (QED) is 0.891. The van der Waals surface area contributed by atoms with Crippen LogP contribution in [0.25, 0.3) is 0 Å². The normalized spacial score (nSPS) is 28.2. The van der Waals surface area contributed by atoms with Gasteiger partial charge in [-0.3, -0.25) is 9.78 Å². The number of carbonyl (C=O) groups is 1. The van der Waals surface area contributed by atoms with Gasteiger partial charge in [0, 0.05) is 13.1 Å². The lowest BCUT2D eigenvalue weighted by atomic mass is 10.0. The first kappa shape index (κ1) is 13.0. The third-order valence-corrected chi connectivity index (χ3v) is 4.74. The van der Waals surface area contributed by atoms with Crippen LogP contribution < -0.4 is 0 Å². The zero-order valence-electron chi connectivity index (χ0n) is 10.9. The van der Waals surface area contributed by atoms with Crippen molar-refractivity contribution in [1.82, 2.24) is 14.8 Å². The van der Waals surface area contributed by atoms with E-state index in [9.17, 15) is 9.90 Å². The SMILES string of the molecule is O=C(c1cncs1)N1CC[C@@](O)(CN2CCCC2)C1. The molecule has 2 aliphatic rings. The summed E-state index contributed by atoms with van der Waals surface area (Å²) in [5.74, 6) is -0.000142. The predicted molar refractivity (Wildman–Crippen MR) is 73.3 cm³/mol. The minimum absolute atomic E-state index is 0.000142. The zero-order chi connectivity index (χ0) is 13.3. The maximum atomic E-state index is 12.2. The van der Waals surface area contributed by atoms with Gasteiger partial charge in [0.1, 0.15) is 4.88 Å².